The van der Waals surface area contributed by atoms with Gasteiger partial charge in [-0.15, -0.1) is 0 Å². The Kier molecular flexibility index (Phi) is 4.18. The maximum Gasteiger partial charge on any atom is 0.323 e. The largest absolute Gasteiger partial charge is 0.465 e. The van der Waals surface area contributed by atoms with Crippen molar-refractivity contribution in [2.45, 2.75) is 32.6 Å². The van der Waals surface area contributed by atoms with Crippen molar-refractivity contribution in [2.24, 2.45) is 5.92 Å². The van der Waals surface area contributed by atoms with Crippen molar-refractivity contribution in [3.63, 3.8) is 0 Å². The molecular formula is C11H15NO2. The highest BCUT2D eigenvalue weighted by Crippen LogP contribution is 2.24. The van der Waals surface area contributed by atoms with Gasteiger partial charge in [0, 0.05) is 0 Å². The number of nitriles is 1. The van der Waals surface area contributed by atoms with Crippen LogP contribution < -0.4 is 0 Å². The molecule has 0 bridgehead atoms. The number of esters is 1. The zero-order valence-electron chi connectivity index (χ0n) is 8.45. The van der Waals surface area contributed by atoms with Crippen LogP contribution in [0.4, 0.5) is 0 Å². The van der Waals surface area contributed by atoms with E-state index in [1.807, 2.05) is 6.07 Å². The lowest BCUT2D eigenvalue weighted by Crippen LogP contribution is -2.16. The second-order valence-corrected chi connectivity index (χ2v) is 3.39. The number of rotatable bonds is 4. The fourth-order valence-electron chi connectivity index (χ4n) is 1.61. The number of nitrogens with zero attached hydrogens (tertiary/aromatic N) is 1. The first-order chi connectivity index (χ1) is 6.77. The van der Waals surface area contributed by atoms with E-state index in [0.717, 1.165) is 19.3 Å². The Morgan fingerprint density at radius 1 is 1.79 bits per heavy atom. The van der Waals surface area contributed by atoms with Crippen molar-refractivity contribution in [2.75, 3.05) is 6.61 Å². The SMILES string of the molecule is CCOC(=O)C(C#N)CC1=CCCC1. The maximum absolute atomic E-state index is 11.3. The lowest BCUT2D eigenvalue weighted by atomic mass is 10.0. The van der Waals surface area contributed by atoms with Crippen LogP contribution in [0, 0.1) is 17.2 Å². The zero-order valence-corrected chi connectivity index (χ0v) is 8.45. The van der Waals surface area contributed by atoms with E-state index in [9.17, 15) is 4.79 Å². The molecule has 0 radical (unpaired) electrons. The molecule has 1 rings (SSSR count). The van der Waals surface area contributed by atoms with E-state index in [1.165, 1.54) is 5.57 Å². The van der Waals surface area contributed by atoms with Crippen LogP contribution in [0.3, 0.4) is 0 Å². The highest BCUT2D eigenvalue weighted by atomic mass is 16.5. The fraction of sp³-hybridized carbons (Fsp3) is 0.636. The van der Waals surface area contributed by atoms with Gasteiger partial charge in [-0.05, 0) is 32.6 Å². The van der Waals surface area contributed by atoms with Crippen molar-refractivity contribution in [1.29, 1.82) is 5.26 Å². The standard InChI is InChI=1S/C11H15NO2/c1-2-14-11(13)10(8-12)7-9-5-3-4-6-9/h5,10H,2-4,6-7H2,1H3. The minimum atomic E-state index is -0.612. The van der Waals surface area contributed by atoms with Crippen LogP contribution >= 0.6 is 0 Å². The number of hydrogen-bond donors (Lipinski definition) is 0. The maximum atomic E-state index is 11.3. The molecule has 76 valence electrons. The summed E-state index contributed by atoms with van der Waals surface area (Å²) in [6, 6.07) is 2.00. The second-order valence-electron chi connectivity index (χ2n) is 3.39. The Bertz CT molecular complexity index is 276. The van der Waals surface area contributed by atoms with E-state index in [4.69, 9.17) is 10.00 Å². The highest BCUT2D eigenvalue weighted by molar-refractivity contribution is 5.75. The van der Waals surface area contributed by atoms with Crippen LogP contribution in [-0.4, -0.2) is 12.6 Å². The summed E-state index contributed by atoms with van der Waals surface area (Å²) < 4.78 is 4.82. The molecule has 1 unspecified atom stereocenters. The normalized spacial score (nSPS) is 17.0. The smallest absolute Gasteiger partial charge is 0.323 e. The molecule has 0 aromatic carbocycles. The molecule has 3 heteroatoms. The molecule has 0 aliphatic heterocycles. The van der Waals surface area contributed by atoms with Crippen molar-refractivity contribution in [3.8, 4) is 6.07 Å². The molecule has 14 heavy (non-hydrogen) atoms. The molecule has 1 aliphatic carbocycles. The Morgan fingerprint density at radius 2 is 2.57 bits per heavy atom. The molecule has 1 atom stereocenters. The molecular weight excluding hydrogens is 178 g/mol. The second kappa shape index (κ2) is 5.43. The summed E-state index contributed by atoms with van der Waals surface area (Å²) in [5.74, 6) is -0.998. The van der Waals surface area contributed by atoms with Crippen LogP contribution in [0.5, 0.6) is 0 Å². The number of carbonyl (C=O) groups excluding carboxylic acids is 1. The van der Waals surface area contributed by atoms with Gasteiger partial charge >= 0.3 is 5.97 Å². The molecule has 0 saturated heterocycles. The third kappa shape index (κ3) is 2.88. The van der Waals surface area contributed by atoms with Crippen molar-refractivity contribution >= 4 is 5.97 Å². The van der Waals surface area contributed by atoms with Gasteiger partial charge in [-0.25, -0.2) is 0 Å². The van der Waals surface area contributed by atoms with Gasteiger partial charge < -0.3 is 4.74 Å². The van der Waals surface area contributed by atoms with E-state index in [1.54, 1.807) is 6.92 Å². The van der Waals surface area contributed by atoms with E-state index in [2.05, 4.69) is 6.08 Å². The van der Waals surface area contributed by atoms with Gasteiger partial charge in [-0.1, -0.05) is 11.6 Å². The Balaban J connectivity index is 2.46. The summed E-state index contributed by atoms with van der Waals surface area (Å²) in [7, 11) is 0. The average molecular weight is 193 g/mol. The number of carbonyl (C=O) groups is 1. The number of hydrogen-bond acceptors (Lipinski definition) is 3. The Labute approximate surface area is 84.4 Å². The monoisotopic (exact) mass is 193 g/mol. The lowest BCUT2D eigenvalue weighted by molar-refractivity contribution is -0.145. The van der Waals surface area contributed by atoms with Crippen LogP contribution in [0.1, 0.15) is 32.6 Å². The summed E-state index contributed by atoms with van der Waals surface area (Å²) >= 11 is 0. The van der Waals surface area contributed by atoms with Gasteiger partial charge in [0.2, 0.25) is 0 Å². The highest BCUT2D eigenvalue weighted by Gasteiger charge is 2.21. The van der Waals surface area contributed by atoms with Crippen LogP contribution in [0.25, 0.3) is 0 Å². The van der Waals surface area contributed by atoms with E-state index < -0.39 is 5.92 Å². The van der Waals surface area contributed by atoms with Gasteiger partial charge in [0.25, 0.3) is 0 Å². The van der Waals surface area contributed by atoms with Crippen molar-refractivity contribution in [1.82, 2.24) is 0 Å². The lowest BCUT2D eigenvalue weighted by Gasteiger charge is -2.08. The fourth-order valence-corrected chi connectivity index (χ4v) is 1.61. The molecule has 0 aromatic heterocycles. The Hall–Kier alpha value is -1.30. The molecule has 0 N–H and O–H groups in total. The molecule has 3 nitrogen and oxygen atoms in total. The summed E-state index contributed by atoms with van der Waals surface area (Å²) in [5, 5.41) is 8.81. The topological polar surface area (TPSA) is 50.1 Å². The van der Waals surface area contributed by atoms with Crippen LogP contribution in [-0.2, 0) is 9.53 Å². The summed E-state index contributed by atoms with van der Waals surface area (Å²) in [6.07, 6.45) is 5.93. The third-order valence-corrected chi connectivity index (χ3v) is 2.33. The summed E-state index contributed by atoms with van der Waals surface area (Å²) in [5.41, 5.74) is 1.23. The van der Waals surface area contributed by atoms with Gasteiger partial charge in [0.05, 0.1) is 12.7 Å². The Morgan fingerprint density at radius 3 is 3.07 bits per heavy atom. The molecule has 0 aromatic rings. The van der Waals surface area contributed by atoms with E-state index in [-0.39, 0.29) is 5.97 Å². The van der Waals surface area contributed by atoms with Crippen molar-refractivity contribution in [3.05, 3.63) is 11.6 Å². The van der Waals surface area contributed by atoms with E-state index >= 15 is 0 Å². The summed E-state index contributed by atoms with van der Waals surface area (Å²) in [4.78, 5) is 11.3. The van der Waals surface area contributed by atoms with Gasteiger partial charge in [0.1, 0.15) is 5.92 Å². The first-order valence-corrected chi connectivity index (χ1v) is 5.02. The number of allylic oxidation sites excluding steroid dienone is 2. The molecule has 0 fully saturated rings. The predicted octanol–water partition coefficient (Wildman–Crippen LogP) is 2.19. The van der Waals surface area contributed by atoms with Crippen LogP contribution in [0.15, 0.2) is 11.6 Å². The average Bonchev–Trinajstić information content (AvgIpc) is 2.66. The predicted molar refractivity (Wildman–Crippen MR) is 52.3 cm³/mol. The van der Waals surface area contributed by atoms with Gasteiger partial charge in [0.15, 0.2) is 0 Å². The van der Waals surface area contributed by atoms with Crippen LogP contribution in [0.2, 0.25) is 0 Å². The number of ether oxygens (including phenoxy) is 1. The quantitative estimate of drug-likeness (QED) is 0.508. The molecule has 0 amide bonds. The van der Waals surface area contributed by atoms with Gasteiger partial charge in [-0.2, -0.15) is 5.26 Å². The first kappa shape index (κ1) is 10.8. The molecule has 0 spiro atoms. The molecule has 0 heterocycles. The third-order valence-electron chi connectivity index (χ3n) is 2.33. The summed E-state index contributed by atoms with van der Waals surface area (Å²) in [6.45, 7) is 2.09. The van der Waals surface area contributed by atoms with E-state index in [0.29, 0.717) is 13.0 Å². The van der Waals surface area contributed by atoms with Crippen molar-refractivity contribution < 1.29 is 9.53 Å². The zero-order chi connectivity index (χ0) is 10.4. The minimum Gasteiger partial charge on any atom is -0.465 e. The molecule has 1 aliphatic rings. The molecule has 0 saturated carbocycles. The minimum absolute atomic E-state index is 0.343. The van der Waals surface area contributed by atoms with Gasteiger partial charge in [-0.3, -0.25) is 4.79 Å². The first-order valence-electron chi connectivity index (χ1n) is 5.02.